The third-order valence-electron chi connectivity index (χ3n) is 2.36. The van der Waals surface area contributed by atoms with E-state index in [0.29, 0.717) is 5.92 Å². The van der Waals surface area contributed by atoms with E-state index >= 15 is 0 Å². The van der Waals surface area contributed by atoms with E-state index in [1.54, 1.807) is 0 Å². The van der Waals surface area contributed by atoms with Crippen molar-refractivity contribution >= 4 is 0 Å². The number of hydrogen-bond acceptors (Lipinski definition) is 2. The van der Waals surface area contributed by atoms with Gasteiger partial charge in [0.25, 0.3) is 0 Å². The molecule has 0 aromatic rings. The Morgan fingerprint density at radius 2 is 2.17 bits per heavy atom. The molecule has 1 unspecified atom stereocenters. The predicted molar refractivity (Wildman–Crippen MR) is 48.8 cm³/mol. The molecule has 0 radical (unpaired) electrons. The second-order valence-corrected chi connectivity index (χ2v) is 3.61. The first-order chi connectivity index (χ1) is 5.65. The van der Waals surface area contributed by atoms with E-state index < -0.39 is 0 Å². The van der Waals surface area contributed by atoms with Gasteiger partial charge in [-0.15, -0.1) is 0 Å². The zero-order valence-electron chi connectivity index (χ0n) is 7.87. The molecule has 0 bridgehead atoms. The van der Waals surface area contributed by atoms with Gasteiger partial charge in [-0.2, -0.15) is 0 Å². The van der Waals surface area contributed by atoms with Crippen LogP contribution < -0.4 is 0 Å². The molecule has 0 aromatic carbocycles. The van der Waals surface area contributed by atoms with Crippen molar-refractivity contribution in [2.24, 2.45) is 5.92 Å². The average molecular weight is 168 g/mol. The highest BCUT2D eigenvalue weighted by Crippen LogP contribution is 2.25. The van der Waals surface area contributed by atoms with Gasteiger partial charge in [0.1, 0.15) is 6.10 Å². The molecule has 0 heterocycles. The van der Waals surface area contributed by atoms with Gasteiger partial charge in [0.2, 0.25) is 0 Å². The summed E-state index contributed by atoms with van der Waals surface area (Å²) in [5.41, 5.74) is 2.42. The first-order valence-electron chi connectivity index (χ1n) is 4.32. The summed E-state index contributed by atoms with van der Waals surface area (Å²) in [6.45, 7) is 6.26. The lowest BCUT2D eigenvalue weighted by Gasteiger charge is -2.21. The Bertz CT molecular complexity index is 214. The van der Waals surface area contributed by atoms with Crippen LogP contribution >= 0.6 is 0 Å². The molecule has 1 N–H and O–H groups in total. The van der Waals surface area contributed by atoms with E-state index in [1.165, 1.54) is 5.57 Å². The fourth-order valence-electron chi connectivity index (χ4n) is 1.34. The maximum atomic E-state index is 8.59. The molecule has 1 aliphatic rings. The van der Waals surface area contributed by atoms with Crippen LogP contribution in [0.15, 0.2) is 23.3 Å². The molecule has 2 heteroatoms. The smallest absolute Gasteiger partial charge is 0.117 e. The summed E-state index contributed by atoms with van der Waals surface area (Å²) in [5, 5.41) is 8.59. The highest BCUT2D eigenvalue weighted by molar-refractivity contribution is 5.27. The molecule has 0 amide bonds. The second kappa shape index (κ2) is 3.87. The summed E-state index contributed by atoms with van der Waals surface area (Å²) in [5.74, 6) is 0.534. The summed E-state index contributed by atoms with van der Waals surface area (Å²) in [7, 11) is 0. The Morgan fingerprint density at radius 1 is 1.50 bits per heavy atom. The van der Waals surface area contributed by atoms with E-state index in [2.05, 4.69) is 24.8 Å². The largest absolute Gasteiger partial charge is 0.251 e. The third kappa shape index (κ3) is 1.96. The fraction of sp³-hybridized carbons (Fsp3) is 0.600. The van der Waals surface area contributed by atoms with E-state index in [-0.39, 0.29) is 6.10 Å². The normalized spacial score (nSPS) is 23.9. The van der Waals surface area contributed by atoms with Crippen LogP contribution in [-0.4, -0.2) is 11.4 Å². The highest BCUT2D eigenvalue weighted by atomic mass is 17.1. The van der Waals surface area contributed by atoms with Crippen LogP contribution in [0, 0.1) is 5.92 Å². The Kier molecular flexibility index (Phi) is 3.06. The zero-order chi connectivity index (χ0) is 9.14. The van der Waals surface area contributed by atoms with Crippen molar-refractivity contribution in [1.82, 2.24) is 0 Å². The Hall–Kier alpha value is -0.600. The van der Waals surface area contributed by atoms with Crippen molar-refractivity contribution in [3.63, 3.8) is 0 Å². The van der Waals surface area contributed by atoms with Crippen LogP contribution in [0.3, 0.4) is 0 Å². The maximum Gasteiger partial charge on any atom is 0.117 e. The van der Waals surface area contributed by atoms with Gasteiger partial charge >= 0.3 is 0 Å². The van der Waals surface area contributed by atoms with Crippen LogP contribution in [0.4, 0.5) is 0 Å². The summed E-state index contributed by atoms with van der Waals surface area (Å²) in [4.78, 5) is 4.37. The quantitative estimate of drug-likeness (QED) is 0.507. The molecule has 1 aliphatic carbocycles. The third-order valence-corrected chi connectivity index (χ3v) is 2.36. The Morgan fingerprint density at radius 3 is 2.67 bits per heavy atom. The minimum Gasteiger partial charge on any atom is -0.251 e. The molecule has 1 rings (SSSR count). The summed E-state index contributed by atoms with van der Waals surface area (Å²) in [6.07, 6.45) is 4.82. The van der Waals surface area contributed by atoms with Crippen molar-refractivity contribution in [2.45, 2.75) is 33.3 Å². The van der Waals surface area contributed by atoms with Crippen molar-refractivity contribution < 1.29 is 10.1 Å². The zero-order valence-corrected chi connectivity index (χ0v) is 7.87. The predicted octanol–water partition coefficient (Wildman–Crippen LogP) is 2.78. The molecule has 0 fully saturated rings. The van der Waals surface area contributed by atoms with Crippen LogP contribution in [0.2, 0.25) is 0 Å². The lowest BCUT2D eigenvalue weighted by atomic mass is 9.90. The van der Waals surface area contributed by atoms with Gasteiger partial charge in [-0.3, -0.25) is 5.26 Å². The molecule has 2 nitrogen and oxygen atoms in total. The first kappa shape index (κ1) is 9.49. The molecule has 1 atom stereocenters. The lowest BCUT2D eigenvalue weighted by molar-refractivity contribution is -0.268. The van der Waals surface area contributed by atoms with Crippen molar-refractivity contribution in [3.05, 3.63) is 23.3 Å². The molecule has 0 saturated carbocycles. The molecule has 0 spiro atoms. The minimum absolute atomic E-state index is 0.132. The van der Waals surface area contributed by atoms with E-state index in [0.717, 1.165) is 12.0 Å². The van der Waals surface area contributed by atoms with Crippen molar-refractivity contribution in [1.29, 1.82) is 0 Å². The molecule has 0 aromatic heterocycles. The molecule has 68 valence electrons. The Labute approximate surface area is 73.5 Å². The summed E-state index contributed by atoms with van der Waals surface area (Å²) < 4.78 is 0. The molecular formula is C10H16O2. The van der Waals surface area contributed by atoms with Crippen LogP contribution in [0.5, 0.6) is 0 Å². The summed E-state index contributed by atoms with van der Waals surface area (Å²) in [6, 6.07) is 0. The van der Waals surface area contributed by atoms with Crippen LogP contribution in [0.1, 0.15) is 27.2 Å². The SMILES string of the molecule is CC1=CC=C(C(C)C)CC1OO. The average Bonchev–Trinajstić information content (AvgIpc) is 2.05. The number of hydrogen-bond donors (Lipinski definition) is 1. The van der Waals surface area contributed by atoms with Crippen LogP contribution in [-0.2, 0) is 4.89 Å². The van der Waals surface area contributed by atoms with E-state index in [4.69, 9.17) is 5.26 Å². The van der Waals surface area contributed by atoms with Crippen molar-refractivity contribution in [3.8, 4) is 0 Å². The second-order valence-electron chi connectivity index (χ2n) is 3.61. The van der Waals surface area contributed by atoms with Gasteiger partial charge in [0, 0.05) is 6.42 Å². The van der Waals surface area contributed by atoms with Crippen LogP contribution in [0.25, 0.3) is 0 Å². The monoisotopic (exact) mass is 168 g/mol. The molecule has 12 heavy (non-hydrogen) atoms. The Balaban J connectivity index is 2.72. The van der Waals surface area contributed by atoms with E-state index in [9.17, 15) is 0 Å². The van der Waals surface area contributed by atoms with Crippen molar-refractivity contribution in [2.75, 3.05) is 0 Å². The molecule has 0 aliphatic heterocycles. The van der Waals surface area contributed by atoms with Gasteiger partial charge in [0.15, 0.2) is 0 Å². The highest BCUT2D eigenvalue weighted by Gasteiger charge is 2.18. The molecular weight excluding hydrogens is 152 g/mol. The topological polar surface area (TPSA) is 29.5 Å². The van der Waals surface area contributed by atoms with E-state index in [1.807, 2.05) is 13.0 Å². The van der Waals surface area contributed by atoms with Gasteiger partial charge in [-0.1, -0.05) is 31.6 Å². The molecule has 0 saturated heterocycles. The number of allylic oxidation sites excluding steroid dienone is 2. The maximum absolute atomic E-state index is 8.59. The number of rotatable bonds is 2. The standard InChI is InChI=1S/C10H16O2/c1-7(2)9-5-4-8(3)10(6-9)12-11/h4-5,7,10-11H,6H2,1-3H3. The lowest BCUT2D eigenvalue weighted by Crippen LogP contribution is -2.17. The minimum atomic E-state index is -0.132. The first-order valence-corrected chi connectivity index (χ1v) is 4.32. The van der Waals surface area contributed by atoms with Gasteiger partial charge in [-0.05, 0) is 18.4 Å². The fourth-order valence-corrected chi connectivity index (χ4v) is 1.34. The summed E-state index contributed by atoms with van der Waals surface area (Å²) >= 11 is 0. The van der Waals surface area contributed by atoms with Gasteiger partial charge in [0.05, 0.1) is 0 Å². The van der Waals surface area contributed by atoms with Gasteiger partial charge in [-0.25, -0.2) is 4.89 Å². The van der Waals surface area contributed by atoms with Gasteiger partial charge < -0.3 is 0 Å².